The monoisotopic (exact) mass is 482 g/mol. The number of aryl methyl sites for hydroxylation is 1. The highest BCUT2D eigenvalue weighted by Crippen LogP contribution is 2.33. The van der Waals surface area contributed by atoms with Crippen LogP contribution in [0.5, 0.6) is 17.2 Å². The summed E-state index contributed by atoms with van der Waals surface area (Å²) in [5.41, 5.74) is 1.88. The third-order valence-corrected chi connectivity index (χ3v) is 5.53. The van der Waals surface area contributed by atoms with E-state index in [0.29, 0.717) is 29.2 Å². The first kappa shape index (κ1) is 23.9. The van der Waals surface area contributed by atoms with Crippen LogP contribution < -0.4 is 24.8 Å². The molecule has 2 aliphatic heterocycles. The Bertz CT molecular complexity index is 1140. The van der Waals surface area contributed by atoms with Crippen molar-refractivity contribution in [3.05, 3.63) is 64.9 Å². The zero-order valence-corrected chi connectivity index (χ0v) is 19.4. The summed E-state index contributed by atoms with van der Waals surface area (Å²) in [5, 5.41) is 5.31. The molecule has 0 spiro atoms. The number of nitrogens with one attached hydrogen (secondary N) is 2. The number of methoxy groups -OCH3 is 1. The summed E-state index contributed by atoms with van der Waals surface area (Å²) in [7, 11) is 1.55. The lowest BCUT2D eigenvalue weighted by Crippen LogP contribution is -2.47. The van der Waals surface area contributed by atoms with E-state index in [1.165, 1.54) is 0 Å². The van der Waals surface area contributed by atoms with E-state index in [4.69, 9.17) is 23.7 Å². The molecular weight excluding hydrogens is 456 g/mol. The minimum atomic E-state index is -0.781. The van der Waals surface area contributed by atoms with E-state index < -0.39 is 24.0 Å². The van der Waals surface area contributed by atoms with Gasteiger partial charge in [0.05, 0.1) is 31.0 Å². The fourth-order valence-corrected chi connectivity index (χ4v) is 3.80. The molecule has 2 aromatic carbocycles. The average molecular weight is 482 g/mol. The molecule has 1 unspecified atom stereocenters. The number of carbonyl (C=O) groups is 3. The highest BCUT2D eigenvalue weighted by molar-refractivity contribution is 5.95. The van der Waals surface area contributed by atoms with Gasteiger partial charge >= 0.3 is 18.0 Å². The summed E-state index contributed by atoms with van der Waals surface area (Å²) in [6, 6.07) is 11.1. The standard InChI is InChI=1S/C25H26N2O8/c1-3-32-24(29)22-18(26-25(30)27-23(22)16-6-8-17(31-2)9-7-16)13-33-21(28)11-5-15-4-10-19-20(12-15)35-14-34-19/h4,6-10,12,23H,3,5,11,13-14H2,1-2H3,(H2,26,27,30). The van der Waals surface area contributed by atoms with Gasteiger partial charge in [-0.3, -0.25) is 4.79 Å². The highest BCUT2D eigenvalue weighted by Gasteiger charge is 2.34. The van der Waals surface area contributed by atoms with Crippen molar-refractivity contribution in [2.75, 3.05) is 27.1 Å². The number of urea groups is 1. The van der Waals surface area contributed by atoms with Crippen LogP contribution in [0.1, 0.15) is 30.5 Å². The van der Waals surface area contributed by atoms with Crippen LogP contribution in [0.4, 0.5) is 4.79 Å². The highest BCUT2D eigenvalue weighted by atomic mass is 16.7. The molecule has 0 aliphatic carbocycles. The molecule has 2 heterocycles. The first-order chi connectivity index (χ1) is 17.0. The van der Waals surface area contributed by atoms with E-state index in [2.05, 4.69) is 10.6 Å². The van der Waals surface area contributed by atoms with Crippen LogP contribution in [-0.4, -0.2) is 45.1 Å². The van der Waals surface area contributed by atoms with E-state index >= 15 is 0 Å². The molecule has 10 heteroatoms. The molecule has 0 saturated heterocycles. The molecule has 0 fully saturated rings. The van der Waals surface area contributed by atoms with Gasteiger partial charge in [0.2, 0.25) is 6.79 Å². The number of ether oxygens (including phenoxy) is 5. The Balaban J connectivity index is 1.47. The van der Waals surface area contributed by atoms with Crippen LogP contribution >= 0.6 is 0 Å². The number of esters is 2. The number of hydrogen-bond acceptors (Lipinski definition) is 8. The molecule has 0 radical (unpaired) electrons. The fourth-order valence-electron chi connectivity index (χ4n) is 3.80. The first-order valence-corrected chi connectivity index (χ1v) is 11.1. The van der Waals surface area contributed by atoms with Gasteiger partial charge in [0.1, 0.15) is 12.4 Å². The van der Waals surface area contributed by atoms with Crippen LogP contribution in [0, 0.1) is 0 Å². The number of benzene rings is 2. The molecule has 10 nitrogen and oxygen atoms in total. The van der Waals surface area contributed by atoms with Crippen molar-refractivity contribution >= 4 is 18.0 Å². The van der Waals surface area contributed by atoms with E-state index in [1.807, 2.05) is 12.1 Å². The van der Waals surface area contributed by atoms with E-state index in [-0.39, 0.29) is 37.7 Å². The predicted molar refractivity (Wildman–Crippen MR) is 123 cm³/mol. The molecule has 2 N–H and O–H groups in total. The zero-order valence-electron chi connectivity index (χ0n) is 19.4. The van der Waals surface area contributed by atoms with Gasteiger partial charge in [0.25, 0.3) is 0 Å². The van der Waals surface area contributed by atoms with Gasteiger partial charge in [-0.1, -0.05) is 18.2 Å². The molecule has 0 saturated carbocycles. The fraction of sp³-hybridized carbons (Fsp3) is 0.320. The van der Waals surface area contributed by atoms with Crippen LogP contribution in [0.15, 0.2) is 53.7 Å². The molecule has 4 rings (SSSR count). The maximum atomic E-state index is 12.8. The minimum Gasteiger partial charge on any atom is -0.497 e. The average Bonchev–Trinajstić information content (AvgIpc) is 3.34. The summed E-state index contributed by atoms with van der Waals surface area (Å²) in [5.74, 6) is 0.844. The third-order valence-electron chi connectivity index (χ3n) is 5.53. The second-order valence-corrected chi connectivity index (χ2v) is 7.77. The van der Waals surface area contributed by atoms with Gasteiger partial charge in [0, 0.05) is 6.42 Å². The number of carbonyl (C=O) groups excluding carboxylic acids is 3. The normalized spacial score (nSPS) is 16.3. The number of fused-ring (bicyclic) bond motifs is 1. The van der Waals surface area contributed by atoms with Crippen LogP contribution in [-0.2, 0) is 25.5 Å². The Kier molecular flexibility index (Phi) is 7.39. The van der Waals surface area contributed by atoms with Crippen molar-refractivity contribution in [1.82, 2.24) is 10.6 Å². The smallest absolute Gasteiger partial charge is 0.338 e. The minimum absolute atomic E-state index is 0.107. The maximum absolute atomic E-state index is 12.8. The Morgan fingerprint density at radius 3 is 2.57 bits per heavy atom. The molecule has 1 atom stereocenters. The van der Waals surface area contributed by atoms with E-state index in [9.17, 15) is 14.4 Å². The SMILES string of the molecule is CCOC(=O)C1=C(COC(=O)CCc2ccc3c(c2)OCO3)NC(=O)NC1c1ccc(OC)cc1. The van der Waals surface area contributed by atoms with Gasteiger partial charge in [-0.15, -0.1) is 0 Å². The van der Waals surface area contributed by atoms with Crippen molar-refractivity contribution in [3.8, 4) is 17.2 Å². The van der Waals surface area contributed by atoms with Gasteiger partial charge in [-0.05, 0) is 48.7 Å². The van der Waals surface area contributed by atoms with Crippen molar-refractivity contribution in [2.24, 2.45) is 0 Å². The Hall–Kier alpha value is -4.21. The molecule has 0 aromatic heterocycles. The van der Waals surface area contributed by atoms with Crippen LogP contribution in [0.3, 0.4) is 0 Å². The van der Waals surface area contributed by atoms with Crippen LogP contribution in [0.25, 0.3) is 0 Å². The number of hydrogen-bond donors (Lipinski definition) is 2. The van der Waals surface area contributed by atoms with Crippen molar-refractivity contribution in [1.29, 1.82) is 0 Å². The summed E-state index contributed by atoms with van der Waals surface area (Å²) >= 11 is 0. The second kappa shape index (κ2) is 10.8. The van der Waals surface area contributed by atoms with Crippen molar-refractivity contribution in [3.63, 3.8) is 0 Å². The third kappa shape index (κ3) is 5.65. The lowest BCUT2D eigenvalue weighted by Gasteiger charge is -2.29. The second-order valence-electron chi connectivity index (χ2n) is 7.77. The Labute approximate surface area is 202 Å². The lowest BCUT2D eigenvalue weighted by atomic mass is 9.95. The zero-order chi connectivity index (χ0) is 24.8. The van der Waals surface area contributed by atoms with Gasteiger partial charge in [-0.2, -0.15) is 0 Å². The Morgan fingerprint density at radius 1 is 1.06 bits per heavy atom. The summed E-state index contributed by atoms with van der Waals surface area (Å²) < 4.78 is 26.4. The quantitative estimate of drug-likeness (QED) is 0.524. The molecule has 2 amide bonds. The predicted octanol–water partition coefficient (Wildman–Crippen LogP) is 2.77. The summed E-state index contributed by atoms with van der Waals surface area (Å²) in [6.45, 7) is 1.73. The first-order valence-electron chi connectivity index (χ1n) is 11.1. The summed E-state index contributed by atoms with van der Waals surface area (Å²) in [4.78, 5) is 37.6. The van der Waals surface area contributed by atoms with Crippen LogP contribution in [0.2, 0.25) is 0 Å². The lowest BCUT2D eigenvalue weighted by molar-refractivity contribution is -0.143. The largest absolute Gasteiger partial charge is 0.497 e. The summed E-state index contributed by atoms with van der Waals surface area (Å²) in [6.07, 6.45) is 0.539. The van der Waals surface area contributed by atoms with E-state index in [1.54, 1.807) is 44.4 Å². The van der Waals surface area contributed by atoms with Gasteiger partial charge < -0.3 is 34.3 Å². The van der Waals surface area contributed by atoms with Gasteiger partial charge in [-0.25, -0.2) is 9.59 Å². The van der Waals surface area contributed by atoms with Crippen molar-refractivity contribution in [2.45, 2.75) is 25.8 Å². The topological polar surface area (TPSA) is 121 Å². The number of amides is 2. The molecule has 2 aromatic rings. The van der Waals surface area contributed by atoms with E-state index in [0.717, 1.165) is 5.56 Å². The molecule has 184 valence electrons. The maximum Gasteiger partial charge on any atom is 0.338 e. The Morgan fingerprint density at radius 2 is 1.83 bits per heavy atom. The molecule has 0 bridgehead atoms. The number of rotatable bonds is 9. The van der Waals surface area contributed by atoms with Crippen molar-refractivity contribution < 1.29 is 38.1 Å². The molecule has 35 heavy (non-hydrogen) atoms. The molecule has 2 aliphatic rings. The molecular formula is C25H26N2O8. The van der Waals surface area contributed by atoms with Gasteiger partial charge in [0.15, 0.2) is 11.5 Å².